The van der Waals surface area contributed by atoms with E-state index in [2.05, 4.69) is 13.2 Å². The number of hydrogen-bond acceptors (Lipinski definition) is 3. The molecule has 0 aliphatic heterocycles. The number of primary amides is 1. The number of imide groups is 1. The Labute approximate surface area is 92.8 Å². The van der Waals surface area contributed by atoms with Crippen molar-refractivity contribution in [3.05, 3.63) is 25.3 Å². The van der Waals surface area contributed by atoms with Crippen molar-refractivity contribution >= 4 is 17.9 Å². The average molecular weight is 226 g/mol. The first-order chi connectivity index (χ1) is 7.40. The summed E-state index contributed by atoms with van der Waals surface area (Å²) in [6, 6.07) is -1.09. The molecule has 0 unspecified atom stereocenters. The van der Waals surface area contributed by atoms with Gasteiger partial charge in [-0.05, 0) is 12.8 Å². The van der Waals surface area contributed by atoms with E-state index in [0.717, 1.165) is 0 Å². The lowest BCUT2D eigenvalue weighted by Crippen LogP contribution is -2.49. The van der Waals surface area contributed by atoms with Crippen molar-refractivity contribution in [2.24, 2.45) is 11.1 Å². The highest BCUT2D eigenvalue weighted by atomic mass is 16.4. The second kappa shape index (κ2) is 5.69. The Kier molecular flexibility index (Phi) is 4.94. The van der Waals surface area contributed by atoms with E-state index in [0.29, 0.717) is 0 Å². The van der Waals surface area contributed by atoms with Gasteiger partial charge in [0.15, 0.2) is 5.41 Å². The molecule has 0 saturated heterocycles. The quantitative estimate of drug-likeness (QED) is 0.450. The Morgan fingerprint density at radius 1 is 1.25 bits per heavy atom. The zero-order valence-electron chi connectivity index (χ0n) is 8.73. The molecule has 0 rings (SSSR count). The molecular weight excluding hydrogens is 212 g/mol. The molecule has 16 heavy (non-hydrogen) atoms. The van der Waals surface area contributed by atoms with Crippen LogP contribution < -0.4 is 11.1 Å². The normalized spacial score (nSPS) is 10.2. The zero-order valence-corrected chi connectivity index (χ0v) is 8.73. The van der Waals surface area contributed by atoms with E-state index in [9.17, 15) is 14.4 Å². The van der Waals surface area contributed by atoms with E-state index < -0.39 is 23.3 Å². The maximum atomic E-state index is 11.6. The maximum absolute atomic E-state index is 11.6. The van der Waals surface area contributed by atoms with Gasteiger partial charge in [0.05, 0.1) is 0 Å². The van der Waals surface area contributed by atoms with Gasteiger partial charge in [-0.3, -0.25) is 14.9 Å². The van der Waals surface area contributed by atoms with Crippen LogP contribution in [0.1, 0.15) is 12.8 Å². The van der Waals surface area contributed by atoms with Crippen molar-refractivity contribution in [3.8, 4) is 0 Å². The van der Waals surface area contributed by atoms with Crippen LogP contribution in [0.4, 0.5) is 4.79 Å². The maximum Gasteiger partial charge on any atom is 0.319 e. The highest BCUT2D eigenvalue weighted by molar-refractivity contribution is 6.07. The van der Waals surface area contributed by atoms with Crippen molar-refractivity contribution in [3.63, 3.8) is 0 Å². The summed E-state index contributed by atoms with van der Waals surface area (Å²) in [5, 5.41) is 10.8. The summed E-state index contributed by atoms with van der Waals surface area (Å²) in [7, 11) is 0. The third kappa shape index (κ3) is 2.94. The van der Waals surface area contributed by atoms with Gasteiger partial charge >= 0.3 is 12.0 Å². The van der Waals surface area contributed by atoms with E-state index in [-0.39, 0.29) is 12.8 Å². The number of urea groups is 1. The summed E-state index contributed by atoms with van der Waals surface area (Å²) in [6.45, 7) is 6.76. The Morgan fingerprint density at radius 2 is 1.69 bits per heavy atom. The Hall–Kier alpha value is -2.11. The largest absolute Gasteiger partial charge is 0.480 e. The smallest absolute Gasteiger partial charge is 0.319 e. The number of allylic oxidation sites excluding steroid dienone is 2. The van der Waals surface area contributed by atoms with Crippen molar-refractivity contribution in [1.82, 2.24) is 5.32 Å². The van der Waals surface area contributed by atoms with Gasteiger partial charge in [0.25, 0.3) is 0 Å². The van der Waals surface area contributed by atoms with Crippen LogP contribution in [0.3, 0.4) is 0 Å². The number of carbonyl (C=O) groups is 3. The van der Waals surface area contributed by atoms with E-state index in [1.165, 1.54) is 12.2 Å². The SMILES string of the molecule is C=CCC(CC=C)(C(=O)O)C(=O)NC(N)=O. The monoisotopic (exact) mass is 226 g/mol. The number of aliphatic carboxylic acids is 1. The molecule has 6 heteroatoms. The number of amides is 3. The topological polar surface area (TPSA) is 109 Å². The Bertz CT molecular complexity index is 326. The van der Waals surface area contributed by atoms with Crippen LogP contribution >= 0.6 is 0 Å². The number of carboxylic acid groups (broad SMARTS) is 1. The van der Waals surface area contributed by atoms with Crippen molar-refractivity contribution < 1.29 is 19.5 Å². The van der Waals surface area contributed by atoms with Crippen LogP contribution in [0.15, 0.2) is 25.3 Å². The fourth-order valence-electron chi connectivity index (χ4n) is 1.26. The van der Waals surface area contributed by atoms with Crippen molar-refractivity contribution in [2.45, 2.75) is 12.8 Å². The van der Waals surface area contributed by atoms with Gasteiger partial charge in [0.2, 0.25) is 5.91 Å². The van der Waals surface area contributed by atoms with Crippen LogP contribution in [0.5, 0.6) is 0 Å². The summed E-state index contributed by atoms with van der Waals surface area (Å²) in [5.41, 5.74) is 2.99. The van der Waals surface area contributed by atoms with E-state index in [1.54, 1.807) is 5.32 Å². The van der Waals surface area contributed by atoms with Crippen molar-refractivity contribution in [2.75, 3.05) is 0 Å². The minimum atomic E-state index is -1.78. The summed E-state index contributed by atoms with van der Waals surface area (Å²) in [4.78, 5) is 33.3. The highest BCUT2D eigenvalue weighted by Gasteiger charge is 2.44. The predicted molar refractivity (Wildman–Crippen MR) is 57.4 cm³/mol. The fraction of sp³-hybridized carbons (Fsp3) is 0.300. The summed E-state index contributed by atoms with van der Waals surface area (Å²) >= 11 is 0. The number of nitrogens with one attached hydrogen (secondary N) is 1. The molecule has 0 aromatic heterocycles. The molecule has 0 heterocycles. The Morgan fingerprint density at radius 3 is 1.94 bits per heavy atom. The van der Waals surface area contributed by atoms with Crippen LogP contribution in [0, 0.1) is 5.41 Å². The molecular formula is C10H14N2O4. The number of hydrogen-bond donors (Lipinski definition) is 3. The highest BCUT2D eigenvalue weighted by Crippen LogP contribution is 2.28. The lowest BCUT2D eigenvalue weighted by molar-refractivity contribution is -0.155. The molecule has 3 amide bonds. The second-order valence-electron chi connectivity index (χ2n) is 3.19. The first-order valence-electron chi connectivity index (χ1n) is 4.46. The molecule has 0 spiro atoms. The molecule has 0 radical (unpaired) electrons. The van der Waals surface area contributed by atoms with Gasteiger partial charge in [0.1, 0.15) is 0 Å². The Balaban J connectivity index is 5.22. The standard InChI is InChI=1S/C10H14N2O4/c1-3-5-10(6-4-2,8(14)15)7(13)12-9(11)16/h3-4H,1-2,5-6H2,(H,14,15)(H3,11,12,13,16). The second-order valence-corrected chi connectivity index (χ2v) is 3.19. The summed E-state index contributed by atoms with van der Waals surface area (Å²) in [5.74, 6) is -2.32. The molecule has 88 valence electrons. The number of carbonyl (C=O) groups excluding carboxylic acids is 2. The number of nitrogens with two attached hydrogens (primary N) is 1. The number of rotatable bonds is 6. The van der Waals surface area contributed by atoms with E-state index in [1.807, 2.05) is 0 Å². The fourth-order valence-corrected chi connectivity index (χ4v) is 1.26. The molecule has 0 aromatic carbocycles. The van der Waals surface area contributed by atoms with E-state index >= 15 is 0 Å². The third-order valence-electron chi connectivity index (χ3n) is 2.07. The van der Waals surface area contributed by atoms with Gasteiger partial charge in [-0.2, -0.15) is 0 Å². The van der Waals surface area contributed by atoms with Gasteiger partial charge in [0, 0.05) is 0 Å². The summed E-state index contributed by atoms with van der Waals surface area (Å²) < 4.78 is 0. The number of carboxylic acids is 1. The molecule has 0 saturated carbocycles. The van der Waals surface area contributed by atoms with Gasteiger partial charge < -0.3 is 10.8 Å². The molecule has 4 N–H and O–H groups in total. The van der Waals surface area contributed by atoms with Crippen LogP contribution in [0.25, 0.3) is 0 Å². The van der Waals surface area contributed by atoms with Gasteiger partial charge in [-0.25, -0.2) is 4.79 Å². The summed E-state index contributed by atoms with van der Waals surface area (Å²) in [6.07, 6.45) is 2.34. The first-order valence-corrected chi connectivity index (χ1v) is 4.46. The van der Waals surface area contributed by atoms with Crippen LogP contribution in [-0.2, 0) is 9.59 Å². The molecule has 0 fully saturated rings. The lowest BCUT2D eigenvalue weighted by atomic mass is 9.80. The van der Waals surface area contributed by atoms with Crippen molar-refractivity contribution in [1.29, 1.82) is 0 Å². The molecule has 0 aliphatic rings. The lowest BCUT2D eigenvalue weighted by Gasteiger charge is -2.24. The average Bonchev–Trinajstić information content (AvgIpc) is 2.15. The van der Waals surface area contributed by atoms with Gasteiger partial charge in [-0.1, -0.05) is 12.2 Å². The zero-order chi connectivity index (χ0) is 12.8. The minimum absolute atomic E-state index is 0.118. The molecule has 0 aliphatic carbocycles. The molecule has 6 nitrogen and oxygen atoms in total. The minimum Gasteiger partial charge on any atom is -0.480 e. The molecule has 0 atom stereocenters. The van der Waals surface area contributed by atoms with Crippen LogP contribution in [-0.4, -0.2) is 23.0 Å². The molecule has 0 bridgehead atoms. The third-order valence-corrected chi connectivity index (χ3v) is 2.07. The molecule has 0 aromatic rings. The van der Waals surface area contributed by atoms with Gasteiger partial charge in [-0.15, -0.1) is 13.2 Å². The van der Waals surface area contributed by atoms with E-state index in [4.69, 9.17) is 10.8 Å². The first kappa shape index (κ1) is 13.9. The predicted octanol–water partition coefficient (Wildman–Crippen LogP) is 0.405. The van der Waals surface area contributed by atoms with Crippen LogP contribution in [0.2, 0.25) is 0 Å².